The van der Waals surface area contributed by atoms with Crippen molar-refractivity contribution >= 4 is 28.3 Å². The summed E-state index contributed by atoms with van der Waals surface area (Å²) in [6, 6.07) is 1.38. The zero-order valence-corrected chi connectivity index (χ0v) is 7.52. The molecule has 0 unspecified atom stereocenters. The highest BCUT2D eigenvalue weighted by molar-refractivity contribution is 14.1. The van der Waals surface area contributed by atoms with Gasteiger partial charge in [0.2, 0.25) is 5.95 Å². The number of anilines is 1. The second-order valence-corrected chi connectivity index (χ2v) is 2.90. The number of nitrogens with one attached hydrogen (secondary N) is 1. The molecule has 0 spiro atoms. The largest absolute Gasteiger partial charge is 0.386 e. The molecule has 4 heteroatoms. The second kappa shape index (κ2) is 3.14. The summed E-state index contributed by atoms with van der Waals surface area (Å²) in [7, 11) is 1.77. The van der Waals surface area contributed by atoms with Gasteiger partial charge in [-0.2, -0.15) is 4.39 Å². The van der Waals surface area contributed by atoms with Crippen molar-refractivity contribution in [3.63, 3.8) is 0 Å². The highest BCUT2D eigenvalue weighted by Gasteiger charge is 1.98. The van der Waals surface area contributed by atoms with Gasteiger partial charge in [-0.05, 0) is 22.6 Å². The van der Waals surface area contributed by atoms with Gasteiger partial charge in [0.15, 0.2) is 0 Å². The molecular formula is C6H6FIN2. The van der Waals surface area contributed by atoms with Crippen molar-refractivity contribution < 1.29 is 4.39 Å². The van der Waals surface area contributed by atoms with Crippen LogP contribution < -0.4 is 5.32 Å². The van der Waals surface area contributed by atoms with E-state index in [4.69, 9.17) is 0 Å². The van der Waals surface area contributed by atoms with Gasteiger partial charge >= 0.3 is 0 Å². The van der Waals surface area contributed by atoms with Crippen LogP contribution in [0.3, 0.4) is 0 Å². The van der Waals surface area contributed by atoms with E-state index >= 15 is 0 Å². The first kappa shape index (κ1) is 7.71. The summed E-state index contributed by atoms with van der Waals surface area (Å²) in [5.41, 5.74) is 0.849. The molecule has 1 N–H and O–H groups in total. The van der Waals surface area contributed by atoms with E-state index in [1.54, 1.807) is 7.05 Å². The Labute approximate surface area is 72.0 Å². The molecule has 0 fully saturated rings. The number of pyridine rings is 1. The van der Waals surface area contributed by atoms with E-state index in [0.29, 0.717) is 0 Å². The van der Waals surface area contributed by atoms with Crippen LogP contribution in [0.4, 0.5) is 10.1 Å². The van der Waals surface area contributed by atoms with Gasteiger partial charge in [-0.3, -0.25) is 0 Å². The van der Waals surface area contributed by atoms with Crippen LogP contribution >= 0.6 is 22.6 Å². The molecular weight excluding hydrogens is 246 g/mol. The number of rotatable bonds is 1. The number of halogens is 2. The molecule has 0 amide bonds. The Morgan fingerprint density at radius 3 is 2.90 bits per heavy atom. The van der Waals surface area contributed by atoms with Crippen molar-refractivity contribution in [1.29, 1.82) is 0 Å². The van der Waals surface area contributed by atoms with Crippen molar-refractivity contribution in [3.8, 4) is 0 Å². The number of aromatic nitrogens is 1. The molecule has 54 valence electrons. The molecule has 0 saturated carbocycles. The van der Waals surface area contributed by atoms with Crippen LogP contribution in [0.5, 0.6) is 0 Å². The van der Waals surface area contributed by atoms with Crippen molar-refractivity contribution in [2.45, 2.75) is 0 Å². The van der Waals surface area contributed by atoms with Gasteiger partial charge < -0.3 is 5.32 Å². The molecule has 0 bridgehead atoms. The molecule has 2 nitrogen and oxygen atoms in total. The molecule has 0 atom stereocenters. The van der Waals surface area contributed by atoms with E-state index in [2.05, 4.69) is 10.3 Å². The van der Waals surface area contributed by atoms with E-state index in [0.717, 1.165) is 9.26 Å². The first-order valence-electron chi connectivity index (χ1n) is 2.73. The molecule has 1 rings (SSSR count). The SMILES string of the molecule is CNc1cnc(F)cc1I. The fourth-order valence-electron chi connectivity index (χ4n) is 0.591. The zero-order valence-electron chi connectivity index (χ0n) is 5.36. The molecule has 0 aromatic carbocycles. The van der Waals surface area contributed by atoms with Crippen LogP contribution in [0.15, 0.2) is 12.3 Å². The van der Waals surface area contributed by atoms with Gasteiger partial charge in [-0.15, -0.1) is 0 Å². The van der Waals surface area contributed by atoms with Gasteiger partial charge in [0.05, 0.1) is 11.9 Å². The normalized spacial score (nSPS) is 9.50. The van der Waals surface area contributed by atoms with E-state index < -0.39 is 5.95 Å². The predicted molar refractivity (Wildman–Crippen MR) is 46.5 cm³/mol. The van der Waals surface area contributed by atoms with Crippen molar-refractivity contribution in [2.75, 3.05) is 12.4 Å². The smallest absolute Gasteiger partial charge is 0.214 e. The third-order valence-corrected chi connectivity index (χ3v) is 1.98. The third kappa shape index (κ3) is 1.56. The van der Waals surface area contributed by atoms with Crippen LogP contribution in [0.1, 0.15) is 0 Å². The maximum absolute atomic E-state index is 12.3. The van der Waals surface area contributed by atoms with Gasteiger partial charge in [-0.1, -0.05) is 0 Å². The van der Waals surface area contributed by atoms with Gasteiger partial charge in [0, 0.05) is 16.7 Å². The molecule has 1 heterocycles. The molecule has 10 heavy (non-hydrogen) atoms. The van der Waals surface area contributed by atoms with E-state index in [1.165, 1.54) is 12.3 Å². The summed E-state index contributed by atoms with van der Waals surface area (Å²) in [5.74, 6) is -0.441. The van der Waals surface area contributed by atoms with Gasteiger partial charge in [-0.25, -0.2) is 4.98 Å². The maximum Gasteiger partial charge on any atom is 0.214 e. The van der Waals surface area contributed by atoms with Crippen molar-refractivity contribution in [1.82, 2.24) is 4.98 Å². The fraction of sp³-hybridized carbons (Fsp3) is 0.167. The molecule has 0 radical (unpaired) electrons. The van der Waals surface area contributed by atoms with Gasteiger partial charge in [0.1, 0.15) is 0 Å². The van der Waals surface area contributed by atoms with Crippen LogP contribution in [0.2, 0.25) is 0 Å². The number of nitrogens with zero attached hydrogens (tertiary/aromatic N) is 1. The molecule has 1 aromatic rings. The average molecular weight is 252 g/mol. The average Bonchev–Trinajstić information content (AvgIpc) is 1.88. The molecule has 0 aliphatic rings. The third-order valence-electron chi connectivity index (χ3n) is 1.09. The van der Waals surface area contributed by atoms with E-state index in [1.807, 2.05) is 22.6 Å². The zero-order chi connectivity index (χ0) is 7.56. The lowest BCUT2D eigenvalue weighted by atomic mass is 10.4. The highest BCUT2D eigenvalue weighted by atomic mass is 127. The summed E-state index contributed by atoms with van der Waals surface area (Å²) in [6.07, 6.45) is 1.47. The van der Waals surface area contributed by atoms with Gasteiger partial charge in [0.25, 0.3) is 0 Å². The highest BCUT2D eigenvalue weighted by Crippen LogP contribution is 2.15. The molecule has 1 aromatic heterocycles. The maximum atomic E-state index is 12.3. The van der Waals surface area contributed by atoms with E-state index in [9.17, 15) is 4.39 Å². The Bertz CT molecular complexity index is 239. The minimum Gasteiger partial charge on any atom is -0.386 e. The minimum atomic E-state index is -0.441. The van der Waals surface area contributed by atoms with Crippen LogP contribution in [-0.2, 0) is 0 Å². The lowest BCUT2D eigenvalue weighted by Crippen LogP contribution is -1.93. The quantitative estimate of drug-likeness (QED) is 0.609. The van der Waals surface area contributed by atoms with Crippen LogP contribution in [0, 0.1) is 9.52 Å². The van der Waals surface area contributed by atoms with Crippen LogP contribution in [0.25, 0.3) is 0 Å². The Hall–Kier alpha value is -0.390. The molecule has 0 saturated heterocycles. The first-order chi connectivity index (χ1) is 4.74. The van der Waals surface area contributed by atoms with Crippen molar-refractivity contribution in [2.24, 2.45) is 0 Å². The Morgan fingerprint density at radius 2 is 2.40 bits per heavy atom. The lowest BCUT2D eigenvalue weighted by Gasteiger charge is -2.00. The predicted octanol–water partition coefficient (Wildman–Crippen LogP) is 1.87. The fourth-order valence-corrected chi connectivity index (χ4v) is 1.26. The Balaban J connectivity index is 3.07. The topological polar surface area (TPSA) is 24.9 Å². The summed E-state index contributed by atoms with van der Waals surface area (Å²) < 4.78 is 13.2. The van der Waals surface area contributed by atoms with Crippen molar-refractivity contribution in [3.05, 3.63) is 21.8 Å². The number of hydrogen-bond acceptors (Lipinski definition) is 2. The second-order valence-electron chi connectivity index (χ2n) is 1.74. The monoisotopic (exact) mass is 252 g/mol. The van der Waals surface area contributed by atoms with E-state index in [-0.39, 0.29) is 0 Å². The summed E-state index contributed by atoms with van der Waals surface area (Å²) in [6.45, 7) is 0. The number of hydrogen-bond donors (Lipinski definition) is 1. The summed E-state index contributed by atoms with van der Waals surface area (Å²) in [5, 5.41) is 2.89. The minimum absolute atomic E-state index is 0.441. The summed E-state index contributed by atoms with van der Waals surface area (Å²) in [4.78, 5) is 3.48. The molecule has 0 aliphatic heterocycles. The summed E-state index contributed by atoms with van der Waals surface area (Å²) >= 11 is 2.04. The Kier molecular flexibility index (Phi) is 2.42. The first-order valence-corrected chi connectivity index (χ1v) is 3.80. The van der Waals surface area contributed by atoms with Crippen LogP contribution in [-0.4, -0.2) is 12.0 Å². The Morgan fingerprint density at radius 1 is 1.70 bits per heavy atom. The molecule has 0 aliphatic carbocycles. The standard InChI is InChI=1S/C6H6FIN2/c1-9-5-3-10-6(7)2-4(5)8/h2-3,9H,1H3. The lowest BCUT2D eigenvalue weighted by molar-refractivity contribution is 0.583.